The maximum atomic E-state index is 14.0. The molecule has 3 amide bonds. The van der Waals surface area contributed by atoms with Crippen molar-refractivity contribution in [3.8, 4) is 16.9 Å². The van der Waals surface area contributed by atoms with Crippen LogP contribution in [0.5, 0.6) is 0 Å². The highest BCUT2D eigenvalue weighted by Crippen LogP contribution is 2.25. The van der Waals surface area contributed by atoms with Gasteiger partial charge in [-0.25, -0.2) is 13.9 Å². The molecule has 0 fully saturated rings. The van der Waals surface area contributed by atoms with E-state index in [0.29, 0.717) is 24.5 Å². The Morgan fingerprint density at radius 3 is 2.28 bits per heavy atom. The minimum Gasteiger partial charge on any atom is -0.315 e. The number of benzene rings is 3. The summed E-state index contributed by atoms with van der Waals surface area (Å²) in [5.74, 6) is -0.438. The zero-order chi connectivity index (χ0) is 25.3. The fourth-order valence-electron chi connectivity index (χ4n) is 3.70. The van der Waals surface area contributed by atoms with Crippen molar-refractivity contribution in [2.75, 3.05) is 23.7 Å². The first kappa shape index (κ1) is 24.7. The third-order valence-electron chi connectivity index (χ3n) is 5.57. The van der Waals surface area contributed by atoms with Crippen molar-refractivity contribution in [3.05, 3.63) is 96.8 Å². The number of nitrogens with one attached hydrogen (secondary N) is 2. The standard InChI is InChI=1S/C28H28FN5O2/c1-2-3-18-33(28(36)30-24-17-11-10-16-23(24)29)20-27(35)31-26-19-25(21-12-6-4-7-13-21)32-34(26)22-14-8-5-9-15-22/h4-17,19H,2-3,18,20H2,1H3,(H,30,36)(H,31,35). The van der Waals surface area contributed by atoms with Crippen LogP contribution in [0.3, 0.4) is 0 Å². The number of carbonyl (C=O) groups excluding carboxylic acids is 2. The van der Waals surface area contributed by atoms with Gasteiger partial charge in [0.1, 0.15) is 18.2 Å². The Morgan fingerprint density at radius 1 is 0.917 bits per heavy atom. The molecule has 7 nitrogen and oxygen atoms in total. The Balaban J connectivity index is 1.54. The van der Waals surface area contributed by atoms with Gasteiger partial charge in [-0.3, -0.25) is 4.79 Å². The lowest BCUT2D eigenvalue weighted by Crippen LogP contribution is -2.41. The summed E-state index contributed by atoms with van der Waals surface area (Å²) in [5, 5.41) is 10.2. The van der Waals surface area contributed by atoms with Gasteiger partial charge in [0.2, 0.25) is 5.91 Å². The van der Waals surface area contributed by atoms with Crippen molar-refractivity contribution in [3.63, 3.8) is 0 Å². The zero-order valence-corrected chi connectivity index (χ0v) is 20.0. The van der Waals surface area contributed by atoms with Gasteiger partial charge in [0.15, 0.2) is 0 Å². The summed E-state index contributed by atoms with van der Waals surface area (Å²) in [6, 6.07) is 26.4. The predicted octanol–water partition coefficient (Wildman–Crippen LogP) is 5.95. The van der Waals surface area contributed by atoms with Gasteiger partial charge in [-0.05, 0) is 30.7 Å². The summed E-state index contributed by atoms with van der Waals surface area (Å²) >= 11 is 0. The maximum absolute atomic E-state index is 14.0. The summed E-state index contributed by atoms with van der Waals surface area (Å²) in [7, 11) is 0. The molecule has 1 heterocycles. The lowest BCUT2D eigenvalue weighted by atomic mass is 10.1. The largest absolute Gasteiger partial charge is 0.322 e. The number of hydrogen-bond acceptors (Lipinski definition) is 3. The van der Waals surface area contributed by atoms with Crippen LogP contribution in [0, 0.1) is 5.82 Å². The number of aromatic nitrogens is 2. The fraction of sp³-hybridized carbons (Fsp3) is 0.179. The fourth-order valence-corrected chi connectivity index (χ4v) is 3.70. The summed E-state index contributed by atoms with van der Waals surface area (Å²) in [6.45, 7) is 2.16. The van der Waals surface area contributed by atoms with E-state index < -0.39 is 11.8 Å². The number of unbranched alkanes of at least 4 members (excludes halogenated alkanes) is 1. The monoisotopic (exact) mass is 485 g/mol. The number of rotatable bonds is 9. The first-order valence-corrected chi connectivity index (χ1v) is 11.9. The number of carbonyl (C=O) groups is 2. The highest BCUT2D eigenvalue weighted by atomic mass is 19.1. The van der Waals surface area contributed by atoms with Crippen LogP contribution in [0.25, 0.3) is 16.9 Å². The van der Waals surface area contributed by atoms with Crippen molar-refractivity contribution in [2.24, 2.45) is 0 Å². The molecule has 3 aromatic carbocycles. The number of hydrogen-bond donors (Lipinski definition) is 2. The van der Waals surface area contributed by atoms with E-state index in [0.717, 1.165) is 17.7 Å². The van der Waals surface area contributed by atoms with E-state index in [1.807, 2.05) is 67.6 Å². The highest BCUT2D eigenvalue weighted by molar-refractivity contribution is 5.97. The van der Waals surface area contributed by atoms with Gasteiger partial charge < -0.3 is 15.5 Å². The van der Waals surface area contributed by atoms with Gasteiger partial charge >= 0.3 is 6.03 Å². The van der Waals surface area contributed by atoms with Crippen LogP contribution in [0.2, 0.25) is 0 Å². The third-order valence-corrected chi connectivity index (χ3v) is 5.57. The third kappa shape index (κ3) is 6.15. The molecule has 4 aromatic rings. The molecule has 0 spiro atoms. The molecular weight excluding hydrogens is 457 g/mol. The number of urea groups is 1. The molecule has 0 atom stereocenters. The number of nitrogens with zero attached hydrogens (tertiary/aromatic N) is 3. The Bertz CT molecular complexity index is 1310. The molecule has 4 rings (SSSR count). The minimum atomic E-state index is -0.537. The van der Waals surface area contributed by atoms with Crippen LogP contribution in [-0.2, 0) is 4.79 Å². The van der Waals surface area contributed by atoms with E-state index in [9.17, 15) is 14.0 Å². The summed E-state index contributed by atoms with van der Waals surface area (Å²) in [5.41, 5.74) is 2.47. The van der Waals surface area contributed by atoms with Crippen molar-refractivity contribution in [1.29, 1.82) is 0 Å². The molecule has 184 valence electrons. The average molecular weight is 486 g/mol. The zero-order valence-electron chi connectivity index (χ0n) is 20.0. The molecule has 0 saturated carbocycles. The van der Waals surface area contributed by atoms with Crippen LogP contribution >= 0.6 is 0 Å². The number of anilines is 2. The van der Waals surface area contributed by atoms with E-state index in [2.05, 4.69) is 10.6 Å². The van der Waals surface area contributed by atoms with E-state index in [-0.39, 0.29) is 18.1 Å². The molecule has 2 N–H and O–H groups in total. The molecule has 0 aliphatic carbocycles. The normalized spacial score (nSPS) is 10.6. The molecule has 0 radical (unpaired) electrons. The molecule has 0 aliphatic heterocycles. The number of para-hydroxylation sites is 2. The minimum absolute atomic E-state index is 0.0686. The maximum Gasteiger partial charge on any atom is 0.322 e. The van der Waals surface area contributed by atoms with Gasteiger partial charge in [0.05, 0.1) is 17.1 Å². The number of amides is 3. The Hall–Kier alpha value is -4.46. The van der Waals surface area contributed by atoms with Gasteiger partial charge in [-0.2, -0.15) is 5.10 Å². The molecule has 0 bridgehead atoms. The second-order valence-corrected chi connectivity index (χ2v) is 8.26. The van der Waals surface area contributed by atoms with Crippen LogP contribution in [-0.4, -0.2) is 39.7 Å². The first-order chi connectivity index (χ1) is 17.5. The quantitative estimate of drug-likeness (QED) is 0.307. The SMILES string of the molecule is CCCCN(CC(=O)Nc1cc(-c2ccccc2)nn1-c1ccccc1)C(=O)Nc1ccccc1F. The molecule has 0 aliphatic rings. The van der Waals surface area contributed by atoms with Gasteiger partial charge in [0.25, 0.3) is 0 Å². The molecule has 8 heteroatoms. The Kier molecular flexibility index (Phi) is 8.08. The summed E-state index contributed by atoms with van der Waals surface area (Å²) in [4.78, 5) is 27.4. The average Bonchev–Trinajstić information content (AvgIpc) is 3.32. The lowest BCUT2D eigenvalue weighted by molar-refractivity contribution is -0.116. The van der Waals surface area contributed by atoms with Crippen LogP contribution < -0.4 is 10.6 Å². The molecule has 0 unspecified atom stereocenters. The van der Waals surface area contributed by atoms with Crippen molar-refractivity contribution < 1.29 is 14.0 Å². The second-order valence-electron chi connectivity index (χ2n) is 8.26. The topological polar surface area (TPSA) is 79.3 Å². The van der Waals surface area contributed by atoms with Gasteiger partial charge in [0, 0.05) is 18.2 Å². The van der Waals surface area contributed by atoms with E-state index in [1.54, 1.807) is 22.9 Å². The lowest BCUT2D eigenvalue weighted by Gasteiger charge is -2.22. The van der Waals surface area contributed by atoms with Crippen molar-refractivity contribution in [2.45, 2.75) is 19.8 Å². The van der Waals surface area contributed by atoms with Crippen molar-refractivity contribution in [1.82, 2.24) is 14.7 Å². The molecule has 36 heavy (non-hydrogen) atoms. The van der Waals surface area contributed by atoms with E-state index in [4.69, 9.17) is 5.10 Å². The highest BCUT2D eigenvalue weighted by Gasteiger charge is 2.20. The first-order valence-electron chi connectivity index (χ1n) is 11.9. The van der Waals surface area contributed by atoms with Gasteiger partial charge in [-0.15, -0.1) is 0 Å². The summed E-state index contributed by atoms with van der Waals surface area (Å²) in [6.07, 6.45) is 1.55. The van der Waals surface area contributed by atoms with Crippen LogP contribution in [0.1, 0.15) is 19.8 Å². The Morgan fingerprint density at radius 2 is 1.58 bits per heavy atom. The van der Waals surface area contributed by atoms with Crippen LogP contribution in [0.4, 0.5) is 20.7 Å². The van der Waals surface area contributed by atoms with Crippen molar-refractivity contribution >= 4 is 23.4 Å². The summed E-state index contributed by atoms with van der Waals surface area (Å²) < 4.78 is 15.7. The van der Waals surface area contributed by atoms with E-state index in [1.165, 1.54) is 17.0 Å². The second kappa shape index (κ2) is 11.8. The smallest absolute Gasteiger partial charge is 0.315 e. The molecule has 1 aromatic heterocycles. The number of halogens is 1. The molecule has 0 saturated heterocycles. The predicted molar refractivity (Wildman–Crippen MR) is 140 cm³/mol. The molecular formula is C28H28FN5O2. The van der Waals surface area contributed by atoms with E-state index >= 15 is 0 Å². The Labute approximate surface area is 209 Å². The van der Waals surface area contributed by atoms with Crippen LogP contribution in [0.15, 0.2) is 91.0 Å². The van der Waals surface area contributed by atoms with Gasteiger partial charge in [-0.1, -0.05) is 74.0 Å².